The third-order valence-corrected chi connectivity index (χ3v) is 9.53. The summed E-state index contributed by atoms with van der Waals surface area (Å²) in [6.45, 7) is 7.46. The van der Waals surface area contributed by atoms with E-state index < -0.39 is 0 Å². The highest BCUT2D eigenvalue weighted by Crippen LogP contribution is 2.45. The molecule has 5 aromatic rings. The Bertz CT molecular complexity index is 1830. The van der Waals surface area contributed by atoms with Crippen molar-refractivity contribution in [3.63, 3.8) is 0 Å². The zero-order valence-electron chi connectivity index (χ0n) is 24.5. The highest BCUT2D eigenvalue weighted by Gasteiger charge is 2.33. The lowest BCUT2D eigenvalue weighted by molar-refractivity contribution is -0.384. The molecule has 1 N–H and O–H groups in total. The SMILES string of the molecule is CC(C)(C)[C@@H]1CCc2c(sc(N=Cc3cn(Cc4ccc([N+](=O)[O-])cc4)c4ccccc34)c2C(=O)Nc2ccccc2)C1. The topological polar surface area (TPSA) is 89.5 Å². The van der Waals surface area contributed by atoms with Crippen molar-refractivity contribution in [3.8, 4) is 0 Å². The van der Waals surface area contributed by atoms with Gasteiger partial charge in [0.25, 0.3) is 11.6 Å². The zero-order valence-corrected chi connectivity index (χ0v) is 25.4. The molecular formula is C35H34N4O3S. The largest absolute Gasteiger partial charge is 0.342 e. The van der Waals surface area contributed by atoms with Gasteiger partial charge in [0.2, 0.25) is 0 Å². The number of amides is 1. The Morgan fingerprint density at radius 1 is 1.07 bits per heavy atom. The summed E-state index contributed by atoms with van der Waals surface area (Å²) in [5.41, 5.74) is 5.81. The first-order valence-corrected chi connectivity index (χ1v) is 15.4. The van der Waals surface area contributed by atoms with E-state index in [9.17, 15) is 14.9 Å². The summed E-state index contributed by atoms with van der Waals surface area (Å²) in [6, 6.07) is 24.3. The number of hydrogen-bond donors (Lipinski definition) is 1. The first-order valence-electron chi connectivity index (χ1n) is 14.5. The molecule has 0 fully saturated rings. The molecule has 43 heavy (non-hydrogen) atoms. The molecule has 3 aromatic carbocycles. The molecule has 1 amide bonds. The second-order valence-electron chi connectivity index (χ2n) is 12.2. The van der Waals surface area contributed by atoms with Gasteiger partial charge in [0.05, 0.1) is 10.5 Å². The van der Waals surface area contributed by atoms with Crippen LogP contribution in [-0.2, 0) is 19.4 Å². The molecule has 6 rings (SSSR count). The molecular weight excluding hydrogens is 556 g/mol. The number of para-hydroxylation sites is 2. The molecule has 0 saturated carbocycles. The van der Waals surface area contributed by atoms with Crippen LogP contribution in [0.15, 0.2) is 90.1 Å². The minimum atomic E-state index is -0.385. The zero-order chi connectivity index (χ0) is 30.1. The van der Waals surface area contributed by atoms with Crippen LogP contribution in [0.4, 0.5) is 16.4 Å². The molecule has 0 radical (unpaired) electrons. The lowest BCUT2D eigenvalue weighted by atomic mass is 9.72. The second-order valence-corrected chi connectivity index (χ2v) is 13.3. The van der Waals surface area contributed by atoms with Crippen molar-refractivity contribution in [2.45, 2.75) is 46.6 Å². The first kappa shape index (κ1) is 28.6. The third-order valence-electron chi connectivity index (χ3n) is 8.37. The summed E-state index contributed by atoms with van der Waals surface area (Å²) >= 11 is 1.64. The minimum absolute atomic E-state index is 0.0773. The molecule has 7 nitrogen and oxygen atoms in total. The van der Waals surface area contributed by atoms with Crippen LogP contribution in [0.3, 0.4) is 0 Å². The van der Waals surface area contributed by atoms with Gasteiger partial charge in [0.15, 0.2) is 0 Å². The van der Waals surface area contributed by atoms with Crippen molar-refractivity contribution in [2.24, 2.45) is 16.3 Å². The third kappa shape index (κ3) is 6.01. The number of carbonyl (C=O) groups excluding carboxylic acids is 1. The maximum absolute atomic E-state index is 13.7. The van der Waals surface area contributed by atoms with Crippen molar-refractivity contribution >= 4 is 50.7 Å². The Balaban J connectivity index is 1.36. The van der Waals surface area contributed by atoms with Gasteiger partial charge in [-0.1, -0.05) is 69.3 Å². The van der Waals surface area contributed by atoms with Crippen molar-refractivity contribution in [1.29, 1.82) is 0 Å². The summed E-state index contributed by atoms with van der Waals surface area (Å²) in [6.07, 6.45) is 6.81. The van der Waals surface area contributed by atoms with E-state index in [1.807, 2.05) is 48.7 Å². The van der Waals surface area contributed by atoms with Crippen molar-refractivity contribution in [3.05, 3.63) is 122 Å². The van der Waals surface area contributed by atoms with Gasteiger partial charge in [-0.3, -0.25) is 14.9 Å². The fourth-order valence-electron chi connectivity index (χ4n) is 5.91. The second kappa shape index (κ2) is 11.6. The van der Waals surface area contributed by atoms with Crippen LogP contribution in [-0.4, -0.2) is 21.6 Å². The minimum Gasteiger partial charge on any atom is -0.342 e. The number of aliphatic imine (C=N–C) groups is 1. The Morgan fingerprint density at radius 3 is 2.51 bits per heavy atom. The van der Waals surface area contributed by atoms with E-state index in [4.69, 9.17) is 4.99 Å². The Labute approximate surface area is 255 Å². The number of anilines is 1. The van der Waals surface area contributed by atoms with Gasteiger partial charge in [0.1, 0.15) is 5.00 Å². The summed E-state index contributed by atoms with van der Waals surface area (Å²) in [5, 5.41) is 16.0. The van der Waals surface area contributed by atoms with Gasteiger partial charge in [-0.2, -0.15) is 0 Å². The van der Waals surface area contributed by atoms with Gasteiger partial charge in [-0.05, 0) is 59.9 Å². The molecule has 2 aromatic heterocycles. The van der Waals surface area contributed by atoms with Gasteiger partial charge < -0.3 is 9.88 Å². The summed E-state index contributed by atoms with van der Waals surface area (Å²) in [7, 11) is 0. The number of aromatic nitrogens is 1. The van der Waals surface area contributed by atoms with Gasteiger partial charge in [-0.25, -0.2) is 4.99 Å². The number of thiophene rings is 1. The van der Waals surface area contributed by atoms with E-state index in [1.54, 1.807) is 23.5 Å². The highest BCUT2D eigenvalue weighted by atomic mass is 32.1. The predicted molar refractivity (Wildman–Crippen MR) is 175 cm³/mol. The molecule has 1 atom stereocenters. The highest BCUT2D eigenvalue weighted by molar-refractivity contribution is 7.16. The number of carbonyl (C=O) groups is 1. The number of nitro groups is 1. The lowest BCUT2D eigenvalue weighted by Crippen LogP contribution is -2.27. The van der Waals surface area contributed by atoms with E-state index in [0.29, 0.717) is 18.0 Å². The van der Waals surface area contributed by atoms with Crippen LogP contribution in [0, 0.1) is 21.4 Å². The molecule has 1 aliphatic rings. The quantitative estimate of drug-likeness (QED) is 0.117. The maximum Gasteiger partial charge on any atom is 0.269 e. The molecule has 0 saturated heterocycles. The summed E-state index contributed by atoms with van der Waals surface area (Å²) in [4.78, 5) is 30.7. The number of nitro benzene ring substituents is 1. The van der Waals surface area contributed by atoms with Crippen LogP contribution in [0.1, 0.15) is 59.1 Å². The smallest absolute Gasteiger partial charge is 0.269 e. The first-order chi connectivity index (χ1) is 20.7. The fourth-order valence-corrected chi connectivity index (χ4v) is 7.18. The number of rotatable bonds is 7. The number of fused-ring (bicyclic) bond motifs is 2. The van der Waals surface area contributed by atoms with E-state index >= 15 is 0 Å². The number of hydrogen-bond acceptors (Lipinski definition) is 5. The van der Waals surface area contributed by atoms with E-state index in [-0.39, 0.29) is 21.9 Å². The molecule has 0 spiro atoms. The van der Waals surface area contributed by atoms with E-state index in [0.717, 1.165) is 57.5 Å². The maximum atomic E-state index is 13.7. The van der Waals surface area contributed by atoms with Crippen LogP contribution in [0.5, 0.6) is 0 Å². The number of benzene rings is 3. The van der Waals surface area contributed by atoms with Crippen LogP contribution in [0.2, 0.25) is 0 Å². The predicted octanol–water partition coefficient (Wildman–Crippen LogP) is 8.81. The Morgan fingerprint density at radius 2 is 1.79 bits per heavy atom. The molecule has 0 aliphatic heterocycles. The average Bonchev–Trinajstić information content (AvgIpc) is 3.54. The Hall–Kier alpha value is -4.56. The van der Waals surface area contributed by atoms with Crippen molar-refractivity contribution < 1.29 is 9.72 Å². The number of nitrogens with one attached hydrogen (secondary N) is 1. The molecule has 0 unspecified atom stereocenters. The molecule has 1 aliphatic carbocycles. The molecule has 2 heterocycles. The van der Waals surface area contributed by atoms with Crippen LogP contribution < -0.4 is 5.32 Å². The van der Waals surface area contributed by atoms with Crippen LogP contribution >= 0.6 is 11.3 Å². The van der Waals surface area contributed by atoms with Crippen molar-refractivity contribution in [2.75, 3.05) is 5.32 Å². The fraction of sp³-hybridized carbons (Fsp3) is 0.257. The molecule has 8 heteroatoms. The summed E-state index contributed by atoms with van der Waals surface area (Å²) in [5.74, 6) is 0.434. The normalized spacial score (nSPS) is 15.1. The average molecular weight is 591 g/mol. The van der Waals surface area contributed by atoms with Gasteiger partial charge in [0, 0.05) is 58.1 Å². The monoisotopic (exact) mass is 590 g/mol. The number of nitrogens with zero attached hydrogens (tertiary/aromatic N) is 3. The molecule has 218 valence electrons. The molecule has 0 bridgehead atoms. The van der Waals surface area contributed by atoms with E-state index in [1.165, 1.54) is 17.0 Å². The van der Waals surface area contributed by atoms with Gasteiger partial charge >= 0.3 is 0 Å². The summed E-state index contributed by atoms with van der Waals surface area (Å²) < 4.78 is 2.13. The van der Waals surface area contributed by atoms with Crippen molar-refractivity contribution in [1.82, 2.24) is 4.57 Å². The van der Waals surface area contributed by atoms with Gasteiger partial charge in [-0.15, -0.1) is 11.3 Å². The lowest BCUT2D eigenvalue weighted by Gasteiger charge is -2.33. The van der Waals surface area contributed by atoms with E-state index in [2.05, 4.69) is 49.0 Å². The Kier molecular flexibility index (Phi) is 7.71. The number of non-ortho nitro benzene ring substituents is 1. The van der Waals surface area contributed by atoms with Crippen LogP contribution in [0.25, 0.3) is 10.9 Å². The standard InChI is InChI=1S/C35H34N4O3S/c1-35(2,3)25-15-18-29-31(19-25)43-34(32(29)33(40)37-26-9-5-4-6-10-26)36-20-24-22-38(30-12-8-7-11-28(24)30)21-23-13-16-27(17-14-23)39(41)42/h4-14,16-17,20,22,25H,15,18-19,21H2,1-3H3,(H,37,40)/t25-/m1/s1.